The Balaban J connectivity index is 0.000000136. The molecule has 0 amide bonds. The summed E-state index contributed by atoms with van der Waals surface area (Å²) in [5.41, 5.74) is 2.62. The topological polar surface area (TPSA) is 48.1 Å². The Morgan fingerprint density at radius 2 is 1.59 bits per heavy atom. The summed E-state index contributed by atoms with van der Waals surface area (Å²) in [7, 11) is 0. The molecule has 0 unspecified atom stereocenters. The lowest BCUT2D eigenvalue weighted by Crippen LogP contribution is -2.27. The third-order valence-corrected chi connectivity index (χ3v) is 2.92. The monoisotopic (exact) mass is 234 g/mol. The van der Waals surface area contributed by atoms with Gasteiger partial charge in [-0.3, -0.25) is 5.32 Å². The van der Waals surface area contributed by atoms with Crippen LogP contribution in [0.5, 0.6) is 0 Å². The number of rotatable bonds is 0. The zero-order valence-electron chi connectivity index (χ0n) is 10.3. The molecule has 94 valence electrons. The van der Waals surface area contributed by atoms with Crippen LogP contribution in [-0.2, 0) is 6.54 Å². The summed E-state index contributed by atoms with van der Waals surface area (Å²) < 4.78 is 0. The summed E-state index contributed by atoms with van der Waals surface area (Å²) >= 11 is 0. The number of anilines is 1. The highest BCUT2D eigenvalue weighted by atomic mass is 15.1. The maximum atomic E-state index is 3.28. The van der Waals surface area contributed by atoms with Gasteiger partial charge in [0.2, 0.25) is 0 Å². The first-order valence-electron chi connectivity index (χ1n) is 6.41. The molecule has 1 aromatic rings. The van der Waals surface area contributed by atoms with Gasteiger partial charge in [0.05, 0.1) is 6.67 Å². The second-order valence-corrected chi connectivity index (χ2v) is 4.29. The number of fused-ring (bicyclic) bond motifs is 1. The maximum Gasteiger partial charge on any atom is 0.0655 e. The van der Waals surface area contributed by atoms with E-state index in [1.165, 1.54) is 30.8 Å². The molecule has 1 saturated heterocycles. The van der Waals surface area contributed by atoms with Crippen molar-refractivity contribution in [3.63, 3.8) is 0 Å². The quantitative estimate of drug-likeness (QED) is 0.534. The van der Waals surface area contributed by atoms with E-state index in [9.17, 15) is 0 Å². The summed E-state index contributed by atoms with van der Waals surface area (Å²) in [4.78, 5) is 0. The summed E-state index contributed by atoms with van der Waals surface area (Å²) in [5, 5.41) is 13.1. The Morgan fingerprint density at radius 1 is 0.824 bits per heavy atom. The highest BCUT2D eigenvalue weighted by molar-refractivity contribution is 5.52. The normalized spacial score (nSPS) is 19.1. The first kappa shape index (κ1) is 12.4. The molecular formula is C13H22N4. The van der Waals surface area contributed by atoms with Gasteiger partial charge in [-0.2, -0.15) is 0 Å². The molecule has 0 radical (unpaired) electrons. The molecule has 2 aliphatic rings. The molecule has 3 rings (SSSR count). The van der Waals surface area contributed by atoms with E-state index in [0.717, 1.165) is 26.3 Å². The molecule has 0 atom stereocenters. The van der Waals surface area contributed by atoms with E-state index in [4.69, 9.17) is 0 Å². The molecule has 4 nitrogen and oxygen atoms in total. The Morgan fingerprint density at radius 3 is 2.35 bits per heavy atom. The molecule has 4 heteroatoms. The van der Waals surface area contributed by atoms with Crippen LogP contribution >= 0.6 is 0 Å². The van der Waals surface area contributed by atoms with E-state index in [1.807, 2.05) is 0 Å². The molecule has 1 fully saturated rings. The van der Waals surface area contributed by atoms with E-state index in [2.05, 4.69) is 45.5 Å². The predicted molar refractivity (Wildman–Crippen MR) is 72.1 cm³/mol. The van der Waals surface area contributed by atoms with Crippen LogP contribution < -0.4 is 21.3 Å². The van der Waals surface area contributed by atoms with Gasteiger partial charge in [0.15, 0.2) is 0 Å². The number of benzene rings is 1. The van der Waals surface area contributed by atoms with Gasteiger partial charge in [-0.15, -0.1) is 0 Å². The van der Waals surface area contributed by atoms with Crippen LogP contribution in [0.2, 0.25) is 0 Å². The van der Waals surface area contributed by atoms with E-state index in [0.29, 0.717) is 0 Å². The molecule has 2 heterocycles. The standard InChI is InChI=1S/C8H10N2.C5H12N2/c1-2-4-8-7(3-1)5-9-6-10-8;1-2-6-4-5-7-3-1/h1-4,9-10H,5-6H2;6-7H,1-5H2. The third kappa shape index (κ3) is 4.34. The van der Waals surface area contributed by atoms with Crippen LogP contribution in [0.3, 0.4) is 0 Å². The van der Waals surface area contributed by atoms with Gasteiger partial charge in [0, 0.05) is 25.3 Å². The van der Waals surface area contributed by atoms with Crippen molar-refractivity contribution >= 4 is 5.69 Å². The fourth-order valence-electron chi connectivity index (χ4n) is 1.97. The van der Waals surface area contributed by atoms with Crippen LogP contribution in [-0.4, -0.2) is 32.8 Å². The maximum absolute atomic E-state index is 3.28. The first-order valence-corrected chi connectivity index (χ1v) is 6.41. The van der Waals surface area contributed by atoms with Gasteiger partial charge in [0.25, 0.3) is 0 Å². The van der Waals surface area contributed by atoms with Gasteiger partial charge in [-0.25, -0.2) is 0 Å². The zero-order valence-corrected chi connectivity index (χ0v) is 10.3. The number of para-hydroxylation sites is 1. The van der Waals surface area contributed by atoms with Gasteiger partial charge in [-0.05, 0) is 31.1 Å². The van der Waals surface area contributed by atoms with E-state index >= 15 is 0 Å². The van der Waals surface area contributed by atoms with Gasteiger partial charge in [0.1, 0.15) is 0 Å². The average Bonchev–Trinajstić information content (AvgIpc) is 2.72. The van der Waals surface area contributed by atoms with Gasteiger partial charge in [-0.1, -0.05) is 18.2 Å². The van der Waals surface area contributed by atoms with Gasteiger partial charge >= 0.3 is 0 Å². The molecule has 4 N–H and O–H groups in total. The zero-order chi connectivity index (χ0) is 11.8. The summed E-state index contributed by atoms with van der Waals surface area (Å²) in [5.74, 6) is 0. The lowest BCUT2D eigenvalue weighted by Gasteiger charge is -2.18. The largest absolute Gasteiger partial charge is 0.372 e. The van der Waals surface area contributed by atoms with Crippen LogP contribution in [0, 0.1) is 0 Å². The van der Waals surface area contributed by atoms with Crippen molar-refractivity contribution in [1.29, 1.82) is 0 Å². The number of hydrogen-bond acceptors (Lipinski definition) is 4. The molecule has 1 aromatic carbocycles. The predicted octanol–water partition coefficient (Wildman–Crippen LogP) is 0.728. The molecule has 0 aromatic heterocycles. The van der Waals surface area contributed by atoms with Crippen molar-refractivity contribution in [3.8, 4) is 0 Å². The van der Waals surface area contributed by atoms with Crippen molar-refractivity contribution < 1.29 is 0 Å². The molecule has 0 aliphatic carbocycles. The Hall–Kier alpha value is -1.10. The van der Waals surface area contributed by atoms with Crippen molar-refractivity contribution in [2.75, 3.05) is 38.2 Å². The number of hydrogen-bond donors (Lipinski definition) is 4. The van der Waals surface area contributed by atoms with Crippen molar-refractivity contribution in [2.45, 2.75) is 13.0 Å². The SMILES string of the molecule is C1CNCCNC1.c1ccc2c(c1)CNCN2. The van der Waals surface area contributed by atoms with Gasteiger partial charge < -0.3 is 16.0 Å². The Bertz CT molecular complexity index is 282. The van der Waals surface area contributed by atoms with E-state index < -0.39 is 0 Å². The lowest BCUT2D eigenvalue weighted by molar-refractivity contribution is 0.709. The van der Waals surface area contributed by atoms with Crippen LogP contribution in [0.15, 0.2) is 24.3 Å². The molecule has 0 spiro atoms. The van der Waals surface area contributed by atoms with Crippen molar-refractivity contribution in [1.82, 2.24) is 16.0 Å². The van der Waals surface area contributed by atoms with Crippen LogP contribution in [0.4, 0.5) is 5.69 Å². The van der Waals surface area contributed by atoms with Crippen LogP contribution in [0.1, 0.15) is 12.0 Å². The Kier molecular flexibility index (Phi) is 5.29. The average molecular weight is 234 g/mol. The first-order chi connectivity index (χ1) is 8.47. The molecule has 0 bridgehead atoms. The smallest absolute Gasteiger partial charge is 0.0655 e. The summed E-state index contributed by atoms with van der Waals surface area (Å²) in [6.07, 6.45) is 1.28. The molecular weight excluding hydrogens is 212 g/mol. The van der Waals surface area contributed by atoms with Crippen molar-refractivity contribution in [3.05, 3.63) is 29.8 Å². The third-order valence-electron chi connectivity index (χ3n) is 2.92. The second kappa shape index (κ2) is 7.27. The highest BCUT2D eigenvalue weighted by Gasteiger charge is 2.03. The minimum atomic E-state index is 0.886. The fourth-order valence-corrected chi connectivity index (χ4v) is 1.97. The van der Waals surface area contributed by atoms with Crippen molar-refractivity contribution in [2.24, 2.45) is 0 Å². The Labute approximate surface area is 103 Å². The highest BCUT2D eigenvalue weighted by Crippen LogP contribution is 2.16. The molecule has 0 saturated carbocycles. The minimum absolute atomic E-state index is 0.886. The number of nitrogens with one attached hydrogen (secondary N) is 4. The summed E-state index contributed by atoms with van der Waals surface area (Å²) in [6, 6.07) is 8.36. The van der Waals surface area contributed by atoms with E-state index in [-0.39, 0.29) is 0 Å². The second-order valence-electron chi connectivity index (χ2n) is 4.29. The molecule has 2 aliphatic heterocycles. The fraction of sp³-hybridized carbons (Fsp3) is 0.538. The van der Waals surface area contributed by atoms with Crippen LogP contribution in [0.25, 0.3) is 0 Å². The molecule has 17 heavy (non-hydrogen) atoms. The lowest BCUT2D eigenvalue weighted by atomic mass is 10.1. The van der Waals surface area contributed by atoms with E-state index in [1.54, 1.807) is 0 Å². The minimum Gasteiger partial charge on any atom is -0.372 e. The summed E-state index contributed by atoms with van der Waals surface area (Å²) in [6.45, 7) is 6.53.